The quantitative estimate of drug-likeness (QED) is 0.423. The number of carbonyl (C=O) groups is 1. The van der Waals surface area contributed by atoms with Crippen LogP contribution in [0.5, 0.6) is 0 Å². The van der Waals surface area contributed by atoms with Crippen molar-refractivity contribution in [1.82, 2.24) is 0 Å². The maximum Gasteiger partial charge on any atom is 0.333 e. The largest absolute Gasteiger partial charge is 0.457 e. The Kier molecular flexibility index (Phi) is 5.32. The molecular weight excluding hydrogens is 228 g/mol. The fourth-order valence-corrected chi connectivity index (χ4v) is 3.27. The van der Waals surface area contributed by atoms with Crippen molar-refractivity contribution >= 4 is 29.5 Å². The Bertz CT molecular complexity index is 262. The zero-order valence-corrected chi connectivity index (χ0v) is 10.6. The zero-order valence-electron chi connectivity index (χ0n) is 8.95. The van der Waals surface area contributed by atoms with Crippen molar-refractivity contribution in [3.8, 4) is 0 Å². The minimum atomic E-state index is -0.277. The molecule has 0 spiro atoms. The molecule has 0 bridgehead atoms. The Morgan fingerprint density at radius 3 is 2.40 bits per heavy atom. The Morgan fingerprint density at radius 1 is 1.40 bits per heavy atom. The highest BCUT2D eigenvalue weighted by Crippen LogP contribution is 2.21. The van der Waals surface area contributed by atoms with Crippen molar-refractivity contribution in [1.29, 1.82) is 0 Å². The number of rotatable bonds is 2. The van der Waals surface area contributed by atoms with E-state index in [1.165, 1.54) is 5.57 Å². The van der Waals surface area contributed by atoms with Gasteiger partial charge in [0.15, 0.2) is 0 Å². The lowest BCUT2D eigenvalue weighted by atomic mass is 10.3. The van der Waals surface area contributed by atoms with Gasteiger partial charge < -0.3 is 4.74 Å². The van der Waals surface area contributed by atoms with Gasteiger partial charge in [0.25, 0.3) is 0 Å². The number of ether oxygens (including phenoxy) is 1. The summed E-state index contributed by atoms with van der Waals surface area (Å²) in [4.78, 5) is 11.3. The number of esters is 1. The van der Waals surface area contributed by atoms with Crippen LogP contribution in [-0.4, -0.2) is 35.1 Å². The Hall–Kier alpha value is -0.350. The normalized spacial score (nSPS) is 19.1. The molecule has 1 rings (SSSR count). The lowest BCUT2D eigenvalue weighted by Gasteiger charge is -2.20. The van der Waals surface area contributed by atoms with E-state index in [-0.39, 0.29) is 12.1 Å². The number of carbonyl (C=O) groups excluding carboxylic acids is 1. The first kappa shape index (κ1) is 12.7. The van der Waals surface area contributed by atoms with Crippen LogP contribution in [-0.2, 0) is 9.53 Å². The van der Waals surface area contributed by atoms with Gasteiger partial charge in [-0.1, -0.05) is 18.7 Å². The zero-order chi connectivity index (χ0) is 11.3. The van der Waals surface area contributed by atoms with E-state index in [9.17, 15) is 4.79 Å². The second-order valence-electron chi connectivity index (χ2n) is 3.59. The number of hydrogen-bond donors (Lipinski definition) is 0. The van der Waals surface area contributed by atoms with E-state index in [0.29, 0.717) is 5.57 Å². The molecule has 1 aliphatic heterocycles. The van der Waals surface area contributed by atoms with Gasteiger partial charge in [-0.2, -0.15) is 23.5 Å². The fourth-order valence-electron chi connectivity index (χ4n) is 1.08. The van der Waals surface area contributed by atoms with Gasteiger partial charge in [0, 0.05) is 28.6 Å². The summed E-state index contributed by atoms with van der Waals surface area (Å²) in [5.41, 5.74) is 1.73. The standard InChI is InChI=1S/C11H16O2S2/c1-8(2)11(12)13-10-6-14-4-9(3)5-15-7-10/h10H,1,3-7H2,2H3. The SMILES string of the molecule is C=C1CSCC(OC(=O)C(=C)C)CSC1. The molecule has 1 fully saturated rings. The van der Waals surface area contributed by atoms with E-state index in [2.05, 4.69) is 13.2 Å². The molecule has 4 heteroatoms. The summed E-state index contributed by atoms with van der Waals surface area (Å²) in [5, 5.41) is 0. The summed E-state index contributed by atoms with van der Waals surface area (Å²) in [6, 6.07) is 0. The van der Waals surface area contributed by atoms with Crippen LogP contribution in [0.15, 0.2) is 24.3 Å². The molecule has 0 aromatic heterocycles. The minimum Gasteiger partial charge on any atom is -0.457 e. The van der Waals surface area contributed by atoms with Crippen molar-refractivity contribution in [3.63, 3.8) is 0 Å². The van der Waals surface area contributed by atoms with Crippen molar-refractivity contribution in [3.05, 3.63) is 24.3 Å². The molecule has 0 saturated carbocycles. The van der Waals surface area contributed by atoms with Crippen LogP contribution in [0, 0.1) is 0 Å². The average molecular weight is 244 g/mol. The third kappa shape index (κ3) is 4.80. The molecule has 0 radical (unpaired) electrons. The molecule has 0 aromatic rings. The summed E-state index contributed by atoms with van der Waals surface area (Å²) in [5.74, 6) is 3.36. The topological polar surface area (TPSA) is 26.3 Å². The van der Waals surface area contributed by atoms with Gasteiger partial charge in [0.05, 0.1) is 0 Å². The van der Waals surface area contributed by atoms with Gasteiger partial charge in [-0.15, -0.1) is 0 Å². The van der Waals surface area contributed by atoms with Crippen LogP contribution in [0.4, 0.5) is 0 Å². The van der Waals surface area contributed by atoms with Gasteiger partial charge in [0.2, 0.25) is 0 Å². The Labute approximate surface area is 99.5 Å². The van der Waals surface area contributed by atoms with Crippen LogP contribution in [0.1, 0.15) is 6.92 Å². The molecule has 1 aliphatic rings. The summed E-state index contributed by atoms with van der Waals surface area (Å²) >= 11 is 3.56. The molecule has 2 nitrogen and oxygen atoms in total. The third-order valence-corrected chi connectivity index (χ3v) is 4.28. The molecule has 15 heavy (non-hydrogen) atoms. The molecule has 0 aliphatic carbocycles. The highest BCUT2D eigenvalue weighted by Gasteiger charge is 2.17. The second-order valence-corrected chi connectivity index (χ2v) is 5.65. The van der Waals surface area contributed by atoms with E-state index in [1.807, 2.05) is 0 Å². The lowest BCUT2D eigenvalue weighted by Crippen LogP contribution is -2.25. The number of thioether (sulfide) groups is 2. The van der Waals surface area contributed by atoms with E-state index in [0.717, 1.165) is 23.0 Å². The van der Waals surface area contributed by atoms with E-state index in [4.69, 9.17) is 4.74 Å². The van der Waals surface area contributed by atoms with E-state index >= 15 is 0 Å². The van der Waals surface area contributed by atoms with Gasteiger partial charge in [-0.3, -0.25) is 0 Å². The molecule has 0 unspecified atom stereocenters. The van der Waals surface area contributed by atoms with Gasteiger partial charge in [-0.25, -0.2) is 4.79 Å². The van der Waals surface area contributed by atoms with Crippen LogP contribution in [0.3, 0.4) is 0 Å². The van der Waals surface area contributed by atoms with Crippen LogP contribution in [0.25, 0.3) is 0 Å². The highest BCUT2D eigenvalue weighted by atomic mass is 32.2. The molecule has 0 amide bonds. The van der Waals surface area contributed by atoms with Crippen LogP contribution >= 0.6 is 23.5 Å². The first-order chi connectivity index (χ1) is 7.09. The van der Waals surface area contributed by atoms with Crippen molar-refractivity contribution < 1.29 is 9.53 Å². The first-order valence-electron chi connectivity index (χ1n) is 4.78. The minimum absolute atomic E-state index is 0.0114. The summed E-state index contributed by atoms with van der Waals surface area (Å²) < 4.78 is 5.31. The van der Waals surface area contributed by atoms with Crippen molar-refractivity contribution in [2.45, 2.75) is 13.0 Å². The maximum absolute atomic E-state index is 11.3. The molecule has 0 aromatic carbocycles. The molecule has 0 atom stereocenters. The predicted octanol–water partition coefficient (Wildman–Crippen LogP) is 2.51. The molecule has 84 valence electrons. The maximum atomic E-state index is 11.3. The summed E-state index contributed by atoms with van der Waals surface area (Å²) in [6.45, 7) is 9.21. The van der Waals surface area contributed by atoms with E-state index < -0.39 is 0 Å². The Morgan fingerprint density at radius 2 is 1.93 bits per heavy atom. The predicted molar refractivity (Wildman–Crippen MR) is 68.5 cm³/mol. The summed E-state index contributed by atoms with van der Waals surface area (Å²) in [7, 11) is 0. The first-order valence-corrected chi connectivity index (χ1v) is 7.09. The van der Waals surface area contributed by atoms with Crippen LogP contribution < -0.4 is 0 Å². The smallest absolute Gasteiger partial charge is 0.333 e. The number of hydrogen-bond acceptors (Lipinski definition) is 4. The fraction of sp³-hybridized carbons (Fsp3) is 0.545. The lowest BCUT2D eigenvalue weighted by molar-refractivity contribution is -0.142. The molecule has 0 N–H and O–H groups in total. The second kappa shape index (κ2) is 6.28. The summed E-state index contributed by atoms with van der Waals surface area (Å²) in [6.07, 6.45) is 0.0114. The molecular formula is C11H16O2S2. The van der Waals surface area contributed by atoms with Gasteiger partial charge in [0.1, 0.15) is 6.10 Å². The molecule has 1 saturated heterocycles. The Balaban J connectivity index is 2.38. The third-order valence-electron chi connectivity index (χ3n) is 1.84. The van der Waals surface area contributed by atoms with E-state index in [1.54, 1.807) is 30.4 Å². The highest BCUT2D eigenvalue weighted by molar-refractivity contribution is 8.01. The van der Waals surface area contributed by atoms with Crippen molar-refractivity contribution in [2.75, 3.05) is 23.0 Å². The van der Waals surface area contributed by atoms with Gasteiger partial charge >= 0.3 is 5.97 Å². The van der Waals surface area contributed by atoms with Crippen molar-refractivity contribution in [2.24, 2.45) is 0 Å². The monoisotopic (exact) mass is 244 g/mol. The average Bonchev–Trinajstić information content (AvgIpc) is 2.13. The molecule has 1 heterocycles. The van der Waals surface area contributed by atoms with Gasteiger partial charge in [-0.05, 0) is 6.92 Å². The van der Waals surface area contributed by atoms with Crippen LogP contribution in [0.2, 0.25) is 0 Å².